The van der Waals surface area contributed by atoms with Crippen LogP contribution in [0.4, 0.5) is 0 Å². The summed E-state index contributed by atoms with van der Waals surface area (Å²) in [6.45, 7) is 2.92. The molecule has 0 fully saturated rings. The highest BCUT2D eigenvalue weighted by Gasteiger charge is 2.02. The van der Waals surface area contributed by atoms with Crippen molar-refractivity contribution in [2.75, 3.05) is 26.9 Å². The fourth-order valence-corrected chi connectivity index (χ4v) is 2.42. The fourth-order valence-electron chi connectivity index (χ4n) is 1.88. The Morgan fingerprint density at radius 1 is 1.20 bits per heavy atom. The molecular formula is C15H19IN2O2. The quantitative estimate of drug-likeness (QED) is 0.517. The topological polar surface area (TPSA) is 36.3 Å². The highest BCUT2D eigenvalue weighted by atomic mass is 127. The van der Waals surface area contributed by atoms with Crippen LogP contribution in [0.5, 0.6) is 0 Å². The van der Waals surface area contributed by atoms with Gasteiger partial charge in [-0.3, -0.25) is 4.68 Å². The van der Waals surface area contributed by atoms with Crippen molar-refractivity contribution in [1.82, 2.24) is 9.78 Å². The molecule has 1 heterocycles. The van der Waals surface area contributed by atoms with Crippen molar-refractivity contribution in [2.45, 2.75) is 13.0 Å². The lowest BCUT2D eigenvalue weighted by Gasteiger charge is -2.03. The van der Waals surface area contributed by atoms with Crippen molar-refractivity contribution in [1.29, 1.82) is 0 Å². The zero-order chi connectivity index (χ0) is 14.2. The molecule has 20 heavy (non-hydrogen) atoms. The number of hydrogen-bond acceptors (Lipinski definition) is 3. The Bertz CT molecular complexity index is 528. The summed E-state index contributed by atoms with van der Waals surface area (Å²) in [5.41, 5.74) is 2.36. The molecule has 0 saturated heterocycles. The molecule has 2 rings (SSSR count). The molecule has 0 bridgehead atoms. The highest BCUT2D eigenvalue weighted by Crippen LogP contribution is 2.20. The van der Waals surface area contributed by atoms with E-state index in [1.54, 1.807) is 7.11 Å². The van der Waals surface area contributed by atoms with Gasteiger partial charge in [-0.25, -0.2) is 0 Å². The minimum absolute atomic E-state index is 0.651. The van der Waals surface area contributed by atoms with Crippen LogP contribution >= 0.6 is 22.6 Å². The van der Waals surface area contributed by atoms with E-state index in [0.717, 1.165) is 25.1 Å². The number of benzene rings is 1. The van der Waals surface area contributed by atoms with Crippen molar-refractivity contribution >= 4 is 22.6 Å². The molecule has 0 amide bonds. The molecule has 0 aliphatic rings. The highest BCUT2D eigenvalue weighted by molar-refractivity contribution is 14.1. The molecule has 1 aromatic carbocycles. The number of aryl methyl sites for hydroxylation is 1. The molecule has 2 aromatic rings. The minimum atomic E-state index is 0.651. The summed E-state index contributed by atoms with van der Waals surface area (Å²) in [5, 5.41) is 4.39. The first-order valence-electron chi connectivity index (χ1n) is 6.64. The van der Waals surface area contributed by atoms with Crippen LogP contribution in [0.25, 0.3) is 11.1 Å². The molecular weight excluding hydrogens is 367 g/mol. The standard InChI is InChI=1S/C15H19IN2O2/c1-19-8-9-20-7-3-6-18-12-14(11-17-18)13-4-2-5-15(16)10-13/h2,4-5,10-12H,3,6-9H2,1H3. The van der Waals surface area contributed by atoms with Crippen molar-refractivity contribution < 1.29 is 9.47 Å². The maximum absolute atomic E-state index is 5.44. The molecule has 1 aromatic heterocycles. The predicted octanol–water partition coefficient (Wildman–Crippen LogP) is 3.21. The van der Waals surface area contributed by atoms with E-state index >= 15 is 0 Å². The lowest BCUT2D eigenvalue weighted by atomic mass is 10.1. The second-order valence-corrected chi connectivity index (χ2v) is 5.71. The number of methoxy groups -OCH3 is 1. The molecule has 0 unspecified atom stereocenters. The van der Waals surface area contributed by atoms with Gasteiger partial charge in [0.15, 0.2) is 0 Å². The van der Waals surface area contributed by atoms with Gasteiger partial charge < -0.3 is 9.47 Å². The number of aromatic nitrogens is 2. The summed E-state index contributed by atoms with van der Waals surface area (Å²) in [6, 6.07) is 8.43. The van der Waals surface area contributed by atoms with Crippen molar-refractivity contribution in [2.24, 2.45) is 0 Å². The molecule has 5 heteroatoms. The van der Waals surface area contributed by atoms with E-state index in [9.17, 15) is 0 Å². The maximum Gasteiger partial charge on any atom is 0.0700 e. The molecule has 0 radical (unpaired) electrons. The van der Waals surface area contributed by atoms with Crippen LogP contribution in [0.3, 0.4) is 0 Å². The van der Waals surface area contributed by atoms with Crippen LogP contribution in [0.15, 0.2) is 36.7 Å². The molecule has 0 spiro atoms. The Labute approximate surface area is 133 Å². The smallest absolute Gasteiger partial charge is 0.0700 e. The lowest BCUT2D eigenvalue weighted by Crippen LogP contribution is -2.06. The zero-order valence-corrected chi connectivity index (χ0v) is 13.7. The second-order valence-electron chi connectivity index (χ2n) is 4.46. The number of hydrogen-bond donors (Lipinski definition) is 0. The number of halogens is 1. The molecule has 0 aliphatic carbocycles. The number of rotatable bonds is 8. The normalized spacial score (nSPS) is 10.9. The van der Waals surface area contributed by atoms with Gasteiger partial charge in [-0.15, -0.1) is 0 Å². The predicted molar refractivity (Wildman–Crippen MR) is 87.7 cm³/mol. The minimum Gasteiger partial charge on any atom is -0.382 e. The summed E-state index contributed by atoms with van der Waals surface area (Å²) in [4.78, 5) is 0. The monoisotopic (exact) mass is 386 g/mol. The lowest BCUT2D eigenvalue weighted by molar-refractivity contribution is 0.0677. The van der Waals surface area contributed by atoms with E-state index < -0.39 is 0 Å². The zero-order valence-electron chi connectivity index (χ0n) is 11.6. The van der Waals surface area contributed by atoms with Gasteiger partial charge in [-0.05, 0) is 46.7 Å². The molecule has 0 atom stereocenters. The molecule has 4 nitrogen and oxygen atoms in total. The Balaban J connectivity index is 1.80. The molecule has 108 valence electrons. The molecule has 0 aliphatic heterocycles. The summed E-state index contributed by atoms with van der Waals surface area (Å²) in [6.07, 6.45) is 4.95. The van der Waals surface area contributed by atoms with Crippen LogP contribution in [-0.4, -0.2) is 36.7 Å². The second kappa shape index (κ2) is 8.39. The first-order chi connectivity index (χ1) is 9.79. The molecule has 0 N–H and O–H groups in total. The van der Waals surface area contributed by atoms with E-state index in [1.807, 2.05) is 10.9 Å². The largest absolute Gasteiger partial charge is 0.382 e. The van der Waals surface area contributed by atoms with Gasteiger partial charge in [0, 0.05) is 35.6 Å². The summed E-state index contributed by atoms with van der Waals surface area (Å²) in [5.74, 6) is 0. The number of ether oxygens (including phenoxy) is 2. The summed E-state index contributed by atoms with van der Waals surface area (Å²) in [7, 11) is 1.68. The van der Waals surface area contributed by atoms with Gasteiger partial charge in [-0.1, -0.05) is 12.1 Å². The maximum atomic E-state index is 5.44. The third-order valence-electron chi connectivity index (χ3n) is 2.90. The Kier molecular flexibility index (Phi) is 6.49. The van der Waals surface area contributed by atoms with E-state index in [4.69, 9.17) is 9.47 Å². The first-order valence-corrected chi connectivity index (χ1v) is 7.72. The van der Waals surface area contributed by atoms with Gasteiger partial charge in [-0.2, -0.15) is 5.10 Å². The van der Waals surface area contributed by atoms with Crippen LogP contribution in [0.1, 0.15) is 6.42 Å². The van der Waals surface area contributed by atoms with Gasteiger partial charge in [0.2, 0.25) is 0 Å². The van der Waals surface area contributed by atoms with Crippen molar-refractivity contribution in [3.63, 3.8) is 0 Å². The summed E-state index contributed by atoms with van der Waals surface area (Å²) < 4.78 is 13.6. The van der Waals surface area contributed by atoms with Crippen molar-refractivity contribution in [3.8, 4) is 11.1 Å². The van der Waals surface area contributed by atoms with Crippen LogP contribution < -0.4 is 0 Å². The Morgan fingerprint density at radius 3 is 2.90 bits per heavy atom. The fraction of sp³-hybridized carbons (Fsp3) is 0.400. The van der Waals surface area contributed by atoms with Crippen LogP contribution in [0, 0.1) is 3.57 Å². The first kappa shape index (κ1) is 15.5. The average molecular weight is 386 g/mol. The van der Waals surface area contributed by atoms with Gasteiger partial charge in [0.25, 0.3) is 0 Å². The SMILES string of the molecule is COCCOCCCn1cc(-c2cccc(I)c2)cn1. The van der Waals surface area contributed by atoms with E-state index in [0.29, 0.717) is 13.2 Å². The Hall–Kier alpha value is -0.920. The van der Waals surface area contributed by atoms with Crippen LogP contribution in [0.2, 0.25) is 0 Å². The summed E-state index contributed by atoms with van der Waals surface area (Å²) >= 11 is 2.32. The van der Waals surface area contributed by atoms with E-state index in [1.165, 1.54) is 9.13 Å². The third kappa shape index (κ3) is 4.88. The van der Waals surface area contributed by atoms with Gasteiger partial charge in [0.05, 0.1) is 19.4 Å². The van der Waals surface area contributed by atoms with Gasteiger partial charge >= 0.3 is 0 Å². The van der Waals surface area contributed by atoms with Crippen LogP contribution in [-0.2, 0) is 16.0 Å². The average Bonchev–Trinajstić information content (AvgIpc) is 2.91. The van der Waals surface area contributed by atoms with Gasteiger partial charge in [0.1, 0.15) is 0 Å². The van der Waals surface area contributed by atoms with E-state index in [2.05, 4.69) is 58.2 Å². The van der Waals surface area contributed by atoms with E-state index in [-0.39, 0.29) is 0 Å². The Morgan fingerprint density at radius 2 is 2.10 bits per heavy atom. The van der Waals surface area contributed by atoms with Crippen molar-refractivity contribution in [3.05, 3.63) is 40.2 Å². The third-order valence-corrected chi connectivity index (χ3v) is 3.57. The number of nitrogens with zero attached hydrogens (tertiary/aromatic N) is 2. The molecule has 0 saturated carbocycles.